The molecule has 0 spiro atoms. The van der Waals surface area contributed by atoms with Gasteiger partial charge in [-0.1, -0.05) is 71.7 Å². The van der Waals surface area contributed by atoms with E-state index in [0.717, 1.165) is 24.0 Å². The number of halogens is 2. The Morgan fingerprint density at radius 3 is 1.44 bits per heavy atom. The summed E-state index contributed by atoms with van der Waals surface area (Å²) in [7, 11) is 0. The number of amides is 2. The molecule has 2 amide bonds. The number of fused-ring (bicyclic) bond motifs is 2. The predicted octanol–water partition coefficient (Wildman–Crippen LogP) is 4.75. The molecule has 12 nitrogen and oxygen atoms in total. The predicted molar refractivity (Wildman–Crippen MR) is 209 cm³/mol. The molecular formula is C40H36Cl2N8O4. The molecule has 0 bridgehead atoms. The van der Waals surface area contributed by atoms with Gasteiger partial charge >= 0.3 is 0 Å². The van der Waals surface area contributed by atoms with E-state index in [-0.39, 0.29) is 35.0 Å². The van der Waals surface area contributed by atoms with Crippen LogP contribution in [0.25, 0.3) is 44.9 Å². The lowest BCUT2D eigenvalue weighted by atomic mass is 9.98. The molecule has 2 aliphatic rings. The number of hydrogen-bond donors (Lipinski definition) is 4. The SMILES string of the molecule is O=C1CC[C@@H](CNCc2ccc3nc(-c4cccc(-c5cccc(-c6cc(=O)n7cc(CNC[C@@H]8CCC(=O)N8)ccc7n6)c5Cl)c4Cl)cc(=O)n3c2)N1. The van der Waals surface area contributed by atoms with Gasteiger partial charge in [-0.05, 0) is 36.1 Å². The zero-order chi connectivity index (χ0) is 37.3. The minimum absolute atomic E-state index is 0.0771. The van der Waals surface area contributed by atoms with Gasteiger partial charge in [0.15, 0.2) is 0 Å². The first-order valence-corrected chi connectivity index (χ1v) is 18.6. The molecule has 6 aromatic rings. The van der Waals surface area contributed by atoms with Gasteiger partial charge in [-0.15, -0.1) is 0 Å². The van der Waals surface area contributed by atoms with Crippen LogP contribution in [0.3, 0.4) is 0 Å². The molecule has 2 saturated heterocycles. The normalized spacial score (nSPS) is 17.0. The van der Waals surface area contributed by atoms with Gasteiger partial charge in [-0.25, -0.2) is 9.97 Å². The zero-order valence-corrected chi connectivity index (χ0v) is 30.6. The van der Waals surface area contributed by atoms with Gasteiger partial charge in [0.25, 0.3) is 11.1 Å². The van der Waals surface area contributed by atoms with E-state index in [4.69, 9.17) is 33.2 Å². The summed E-state index contributed by atoms with van der Waals surface area (Å²) >= 11 is 14.1. The molecule has 0 saturated carbocycles. The monoisotopic (exact) mass is 762 g/mol. The van der Waals surface area contributed by atoms with Crippen LogP contribution >= 0.6 is 23.2 Å². The lowest BCUT2D eigenvalue weighted by Gasteiger charge is -2.14. The highest BCUT2D eigenvalue weighted by Gasteiger charge is 2.22. The zero-order valence-electron chi connectivity index (χ0n) is 29.1. The Labute approximate surface area is 319 Å². The van der Waals surface area contributed by atoms with Gasteiger partial charge in [-0.3, -0.25) is 28.0 Å². The second-order valence-corrected chi connectivity index (χ2v) is 14.4. The van der Waals surface area contributed by atoms with Crippen LogP contribution in [0.1, 0.15) is 36.8 Å². The Balaban J connectivity index is 1.03. The molecule has 274 valence electrons. The lowest BCUT2D eigenvalue weighted by Crippen LogP contribution is -2.35. The third-order valence-electron chi connectivity index (χ3n) is 9.89. The first kappa shape index (κ1) is 35.6. The average molecular weight is 764 g/mol. The number of nitrogens with zero attached hydrogens (tertiary/aromatic N) is 4. The van der Waals surface area contributed by atoms with E-state index in [1.807, 2.05) is 48.5 Å². The quantitative estimate of drug-likeness (QED) is 0.148. The largest absolute Gasteiger partial charge is 0.352 e. The van der Waals surface area contributed by atoms with Gasteiger partial charge in [0.2, 0.25) is 11.8 Å². The fourth-order valence-corrected chi connectivity index (χ4v) is 7.75. The summed E-state index contributed by atoms with van der Waals surface area (Å²) in [6, 6.07) is 21.6. The van der Waals surface area contributed by atoms with Crippen molar-refractivity contribution in [2.24, 2.45) is 0 Å². The van der Waals surface area contributed by atoms with Gasteiger partial charge in [0, 0.05) is 97.9 Å². The minimum atomic E-state index is -0.252. The van der Waals surface area contributed by atoms with Crippen molar-refractivity contribution in [3.63, 3.8) is 0 Å². The number of pyridine rings is 2. The molecule has 2 atom stereocenters. The first-order chi connectivity index (χ1) is 26.2. The highest BCUT2D eigenvalue weighted by Crippen LogP contribution is 2.41. The second-order valence-electron chi connectivity index (χ2n) is 13.7. The summed E-state index contributed by atoms with van der Waals surface area (Å²) in [5.74, 6) is 0.154. The maximum Gasteiger partial charge on any atom is 0.258 e. The van der Waals surface area contributed by atoms with Crippen molar-refractivity contribution < 1.29 is 9.59 Å². The van der Waals surface area contributed by atoms with E-state index in [9.17, 15) is 19.2 Å². The van der Waals surface area contributed by atoms with Crippen LogP contribution < -0.4 is 32.4 Å². The fourth-order valence-electron chi connectivity index (χ4n) is 7.10. The van der Waals surface area contributed by atoms with E-state index in [0.29, 0.717) is 94.0 Å². The average Bonchev–Trinajstić information content (AvgIpc) is 3.78. The van der Waals surface area contributed by atoms with Crippen molar-refractivity contribution in [3.05, 3.63) is 127 Å². The van der Waals surface area contributed by atoms with Crippen LogP contribution in [0.2, 0.25) is 10.0 Å². The van der Waals surface area contributed by atoms with Crippen LogP contribution in [0.5, 0.6) is 0 Å². The van der Waals surface area contributed by atoms with Crippen molar-refractivity contribution >= 4 is 46.3 Å². The Morgan fingerprint density at radius 1 is 0.611 bits per heavy atom. The van der Waals surface area contributed by atoms with Crippen molar-refractivity contribution in [1.29, 1.82) is 0 Å². The van der Waals surface area contributed by atoms with Gasteiger partial charge in [-0.2, -0.15) is 0 Å². The van der Waals surface area contributed by atoms with Crippen molar-refractivity contribution in [2.75, 3.05) is 13.1 Å². The molecule has 0 unspecified atom stereocenters. The molecule has 2 aliphatic heterocycles. The van der Waals surface area contributed by atoms with Gasteiger partial charge in [0.1, 0.15) is 11.3 Å². The summed E-state index contributed by atoms with van der Waals surface area (Å²) in [5.41, 5.74) is 5.51. The number of carbonyl (C=O) groups excluding carboxylic acids is 2. The number of hydrogen-bond acceptors (Lipinski definition) is 8. The Hall–Kier alpha value is -5.40. The molecule has 4 aromatic heterocycles. The third-order valence-corrected chi connectivity index (χ3v) is 10.7. The minimum Gasteiger partial charge on any atom is -0.352 e. The van der Waals surface area contributed by atoms with Crippen LogP contribution in [-0.2, 0) is 22.7 Å². The van der Waals surface area contributed by atoms with E-state index < -0.39 is 0 Å². The third kappa shape index (κ3) is 7.38. The van der Waals surface area contributed by atoms with Crippen LogP contribution in [0, 0.1) is 0 Å². The van der Waals surface area contributed by atoms with Crippen molar-refractivity contribution in [3.8, 4) is 33.6 Å². The molecule has 2 aromatic carbocycles. The lowest BCUT2D eigenvalue weighted by molar-refractivity contribution is -0.120. The smallest absolute Gasteiger partial charge is 0.258 e. The van der Waals surface area contributed by atoms with Crippen LogP contribution in [0.4, 0.5) is 0 Å². The topological polar surface area (TPSA) is 151 Å². The number of nitrogens with one attached hydrogen (secondary N) is 4. The van der Waals surface area contributed by atoms with Crippen LogP contribution in [0.15, 0.2) is 94.8 Å². The van der Waals surface area contributed by atoms with E-state index >= 15 is 0 Å². The molecule has 0 aliphatic carbocycles. The highest BCUT2D eigenvalue weighted by atomic mass is 35.5. The Bertz CT molecular complexity index is 2390. The number of rotatable bonds is 11. The molecule has 2 fully saturated rings. The van der Waals surface area contributed by atoms with Crippen LogP contribution in [-0.4, -0.2) is 55.8 Å². The summed E-state index contributed by atoms with van der Waals surface area (Å²) in [5, 5.41) is 13.3. The maximum atomic E-state index is 13.4. The Kier molecular flexibility index (Phi) is 9.99. The molecule has 54 heavy (non-hydrogen) atoms. The van der Waals surface area contributed by atoms with E-state index in [1.54, 1.807) is 24.5 Å². The molecule has 4 N–H and O–H groups in total. The fraction of sp³-hybridized carbons (Fsp3) is 0.250. The maximum absolute atomic E-state index is 13.4. The summed E-state index contributed by atoms with van der Waals surface area (Å²) in [4.78, 5) is 59.2. The van der Waals surface area contributed by atoms with Gasteiger partial charge < -0.3 is 21.3 Å². The Morgan fingerprint density at radius 2 is 1.04 bits per heavy atom. The molecule has 6 heterocycles. The highest BCUT2D eigenvalue weighted by molar-refractivity contribution is 6.39. The molecule has 8 rings (SSSR count). The molecular weight excluding hydrogens is 727 g/mol. The molecule has 0 radical (unpaired) electrons. The standard InChI is InChI=1S/C40H36Cl2N8O4/c41-39-27(3-1-5-29(39)31-15-37(53)49-21-23(7-11-33(49)47-31)17-43-19-25-9-13-35(51)45-25)28-4-2-6-30(40(28)42)32-16-38(54)50-22-24(8-12-34(50)48-32)18-44-20-26-10-14-36(52)46-26/h1-8,11-12,15-16,21-22,25-26,43-44H,9-10,13-14,17-20H2,(H,45,51)(H,46,52)/t25-,26-/m0/s1. The van der Waals surface area contributed by atoms with Crippen molar-refractivity contribution in [1.82, 2.24) is 40.0 Å². The summed E-state index contributed by atoms with van der Waals surface area (Å²) in [6.07, 6.45) is 6.26. The van der Waals surface area contributed by atoms with E-state index in [2.05, 4.69) is 21.3 Å². The number of aromatic nitrogens is 4. The van der Waals surface area contributed by atoms with Crippen molar-refractivity contribution in [2.45, 2.75) is 50.9 Å². The van der Waals surface area contributed by atoms with E-state index in [1.165, 1.54) is 20.9 Å². The number of carbonyl (C=O) groups is 2. The first-order valence-electron chi connectivity index (χ1n) is 17.8. The number of benzene rings is 2. The molecule has 14 heteroatoms. The van der Waals surface area contributed by atoms with Gasteiger partial charge in [0.05, 0.1) is 21.4 Å². The summed E-state index contributed by atoms with van der Waals surface area (Å²) < 4.78 is 3.01. The second kappa shape index (κ2) is 15.2. The summed E-state index contributed by atoms with van der Waals surface area (Å²) in [6.45, 7) is 2.38.